The van der Waals surface area contributed by atoms with Crippen LogP contribution in [-0.4, -0.2) is 26.0 Å². The van der Waals surface area contributed by atoms with E-state index in [4.69, 9.17) is 0 Å². The minimum Gasteiger partial charge on any atom is -0.342 e. The van der Waals surface area contributed by atoms with E-state index in [1.165, 1.54) is 12.4 Å². The highest BCUT2D eigenvalue weighted by Crippen LogP contribution is 2.19. The van der Waals surface area contributed by atoms with Gasteiger partial charge in [0.15, 0.2) is 0 Å². The van der Waals surface area contributed by atoms with Crippen LogP contribution < -0.4 is 5.32 Å². The molecule has 0 saturated carbocycles. The van der Waals surface area contributed by atoms with E-state index >= 15 is 0 Å². The lowest BCUT2D eigenvalue weighted by atomic mass is 10.1. The van der Waals surface area contributed by atoms with Crippen LogP contribution in [0.4, 0.5) is 5.69 Å². The molecule has 0 radical (unpaired) electrons. The number of rotatable bonds is 4. The highest BCUT2D eigenvalue weighted by molar-refractivity contribution is 5.95. The number of H-pyrrole nitrogens is 1. The number of carbonyl (C=O) groups excluding carboxylic acids is 1. The van der Waals surface area contributed by atoms with Crippen molar-refractivity contribution in [1.29, 1.82) is 0 Å². The summed E-state index contributed by atoms with van der Waals surface area (Å²) in [4.78, 5) is 26.3. The third kappa shape index (κ3) is 2.79. The average molecular weight is 275 g/mol. The van der Waals surface area contributed by atoms with Gasteiger partial charge in [0.25, 0.3) is 11.6 Å². The Labute approximate surface area is 114 Å². The lowest BCUT2D eigenvalue weighted by Crippen LogP contribution is -2.27. The fraction of sp³-hybridized carbons (Fsp3) is 0.250. The second kappa shape index (κ2) is 5.47. The van der Waals surface area contributed by atoms with Gasteiger partial charge in [-0.3, -0.25) is 20.0 Å². The molecule has 1 unspecified atom stereocenters. The number of nitrogens with zero attached hydrogens (tertiary/aromatic N) is 3. The lowest BCUT2D eigenvalue weighted by Gasteiger charge is -2.11. The van der Waals surface area contributed by atoms with Crippen molar-refractivity contribution in [3.63, 3.8) is 0 Å². The van der Waals surface area contributed by atoms with Crippen molar-refractivity contribution in [2.45, 2.75) is 19.9 Å². The van der Waals surface area contributed by atoms with Crippen molar-refractivity contribution in [2.75, 3.05) is 0 Å². The molecule has 8 heteroatoms. The minimum atomic E-state index is -0.508. The van der Waals surface area contributed by atoms with Gasteiger partial charge in [-0.25, -0.2) is 4.98 Å². The molecule has 2 aromatic rings. The van der Waals surface area contributed by atoms with E-state index in [9.17, 15) is 14.9 Å². The van der Waals surface area contributed by atoms with E-state index in [-0.39, 0.29) is 17.3 Å². The zero-order chi connectivity index (χ0) is 14.7. The van der Waals surface area contributed by atoms with E-state index in [2.05, 4.69) is 20.5 Å². The van der Waals surface area contributed by atoms with Gasteiger partial charge in [0.05, 0.1) is 11.0 Å². The number of aryl methyl sites for hydroxylation is 1. The third-order valence-electron chi connectivity index (χ3n) is 2.86. The average Bonchev–Trinajstić information content (AvgIpc) is 2.92. The van der Waals surface area contributed by atoms with Crippen LogP contribution >= 0.6 is 0 Å². The summed E-state index contributed by atoms with van der Waals surface area (Å²) in [5, 5.41) is 19.9. The molecule has 0 aliphatic carbocycles. The Morgan fingerprint density at radius 3 is 2.85 bits per heavy atom. The third-order valence-corrected chi connectivity index (χ3v) is 2.86. The van der Waals surface area contributed by atoms with E-state index in [0.29, 0.717) is 11.4 Å². The predicted octanol–water partition coefficient (Wildman–Crippen LogP) is 1.51. The van der Waals surface area contributed by atoms with Crippen LogP contribution in [0.15, 0.2) is 24.5 Å². The first-order valence-electron chi connectivity index (χ1n) is 5.90. The predicted molar refractivity (Wildman–Crippen MR) is 70.1 cm³/mol. The molecule has 1 aromatic heterocycles. The molecule has 0 aliphatic heterocycles. The van der Waals surface area contributed by atoms with Crippen molar-refractivity contribution >= 4 is 11.6 Å². The van der Waals surface area contributed by atoms with Crippen LogP contribution in [-0.2, 0) is 0 Å². The normalized spacial score (nSPS) is 11.9. The molecule has 0 bridgehead atoms. The Balaban J connectivity index is 2.17. The molecule has 1 aromatic carbocycles. The fourth-order valence-corrected chi connectivity index (χ4v) is 1.72. The van der Waals surface area contributed by atoms with E-state index in [1.807, 2.05) is 0 Å². The maximum Gasteiger partial charge on any atom is 0.273 e. The SMILES string of the molecule is Cc1ccc(C(=O)NC(C)c2ncn[nH]2)cc1[N+](=O)[O-]. The smallest absolute Gasteiger partial charge is 0.273 e. The van der Waals surface area contributed by atoms with Crippen LogP contribution in [0.1, 0.15) is 34.7 Å². The van der Waals surface area contributed by atoms with Crippen LogP contribution in [0, 0.1) is 17.0 Å². The van der Waals surface area contributed by atoms with Crippen LogP contribution in [0.3, 0.4) is 0 Å². The van der Waals surface area contributed by atoms with Gasteiger partial charge in [-0.2, -0.15) is 5.10 Å². The van der Waals surface area contributed by atoms with Crippen molar-refractivity contribution in [3.05, 3.63) is 51.6 Å². The van der Waals surface area contributed by atoms with Gasteiger partial charge in [0.1, 0.15) is 12.2 Å². The highest BCUT2D eigenvalue weighted by atomic mass is 16.6. The van der Waals surface area contributed by atoms with Gasteiger partial charge < -0.3 is 5.32 Å². The maximum absolute atomic E-state index is 12.0. The molecule has 1 amide bonds. The standard InChI is InChI=1S/C12H13N5O3/c1-7-3-4-9(5-10(7)17(19)20)12(18)15-8(2)11-13-6-14-16-11/h3-6,8H,1-2H3,(H,15,18)(H,13,14,16). The lowest BCUT2D eigenvalue weighted by molar-refractivity contribution is -0.385. The second-order valence-corrected chi connectivity index (χ2v) is 4.32. The Morgan fingerprint density at radius 2 is 2.25 bits per heavy atom. The molecule has 0 aliphatic rings. The summed E-state index contributed by atoms with van der Waals surface area (Å²) in [6, 6.07) is 3.99. The topological polar surface area (TPSA) is 114 Å². The molecular weight excluding hydrogens is 262 g/mol. The Bertz CT molecular complexity index is 639. The van der Waals surface area contributed by atoms with Crippen LogP contribution in [0.25, 0.3) is 0 Å². The summed E-state index contributed by atoms with van der Waals surface area (Å²) in [5.41, 5.74) is 0.661. The molecule has 8 nitrogen and oxygen atoms in total. The molecule has 1 atom stereocenters. The number of nitrogens with one attached hydrogen (secondary N) is 2. The molecule has 1 heterocycles. The number of amides is 1. The highest BCUT2D eigenvalue weighted by Gasteiger charge is 2.17. The number of nitro groups is 1. The van der Waals surface area contributed by atoms with Crippen LogP contribution in [0.2, 0.25) is 0 Å². The zero-order valence-corrected chi connectivity index (χ0v) is 11.0. The number of aromatic amines is 1. The van der Waals surface area contributed by atoms with Gasteiger partial charge >= 0.3 is 0 Å². The summed E-state index contributed by atoms with van der Waals surface area (Å²) < 4.78 is 0. The Morgan fingerprint density at radius 1 is 1.50 bits per heavy atom. The van der Waals surface area contributed by atoms with Crippen molar-refractivity contribution in [1.82, 2.24) is 20.5 Å². The van der Waals surface area contributed by atoms with E-state index in [1.54, 1.807) is 26.0 Å². The molecule has 0 spiro atoms. The zero-order valence-electron chi connectivity index (χ0n) is 11.0. The molecule has 104 valence electrons. The molecule has 0 saturated heterocycles. The molecule has 2 N–H and O–H groups in total. The monoisotopic (exact) mass is 275 g/mol. The Hall–Kier alpha value is -2.77. The van der Waals surface area contributed by atoms with E-state index in [0.717, 1.165) is 0 Å². The fourth-order valence-electron chi connectivity index (χ4n) is 1.72. The number of hydrogen-bond acceptors (Lipinski definition) is 5. The number of hydrogen-bond donors (Lipinski definition) is 2. The second-order valence-electron chi connectivity index (χ2n) is 4.32. The first kappa shape index (κ1) is 13.7. The summed E-state index contributed by atoms with van der Waals surface area (Å²) in [6.45, 7) is 3.36. The van der Waals surface area contributed by atoms with Gasteiger partial charge in [-0.05, 0) is 19.9 Å². The molecule has 0 fully saturated rings. The number of carbonyl (C=O) groups is 1. The maximum atomic E-state index is 12.0. The van der Waals surface area contributed by atoms with Crippen molar-refractivity contribution in [3.8, 4) is 0 Å². The summed E-state index contributed by atoms with van der Waals surface area (Å²) >= 11 is 0. The molecule has 20 heavy (non-hydrogen) atoms. The van der Waals surface area contributed by atoms with Gasteiger partial charge in [0.2, 0.25) is 0 Å². The quantitative estimate of drug-likeness (QED) is 0.648. The van der Waals surface area contributed by atoms with E-state index < -0.39 is 10.8 Å². The van der Waals surface area contributed by atoms with Gasteiger partial charge in [-0.15, -0.1) is 0 Å². The van der Waals surface area contributed by atoms with Gasteiger partial charge in [-0.1, -0.05) is 6.07 Å². The number of benzene rings is 1. The summed E-state index contributed by atoms with van der Waals surface area (Å²) in [7, 11) is 0. The number of nitro benzene ring substituents is 1. The first-order chi connectivity index (χ1) is 9.49. The molecule has 2 rings (SSSR count). The van der Waals surface area contributed by atoms with Crippen LogP contribution in [0.5, 0.6) is 0 Å². The van der Waals surface area contributed by atoms with Crippen molar-refractivity contribution < 1.29 is 9.72 Å². The molecular formula is C12H13N5O3. The Kier molecular flexibility index (Phi) is 3.74. The van der Waals surface area contributed by atoms with Gasteiger partial charge in [0, 0.05) is 17.2 Å². The summed E-state index contributed by atoms with van der Waals surface area (Å²) in [5.74, 6) is 0.108. The number of aromatic nitrogens is 3. The largest absolute Gasteiger partial charge is 0.342 e. The summed E-state index contributed by atoms with van der Waals surface area (Å²) in [6.07, 6.45) is 1.34. The first-order valence-corrected chi connectivity index (χ1v) is 5.90. The minimum absolute atomic E-state index is 0.0787. The van der Waals surface area contributed by atoms with Crippen molar-refractivity contribution in [2.24, 2.45) is 0 Å².